The highest BCUT2D eigenvalue weighted by atomic mass is 19.4. The average Bonchev–Trinajstić information content (AvgIpc) is 2.26. The van der Waals surface area contributed by atoms with Crippen LogP contribution in [0.1, 0.15) is 33.1 Å². The fraction of sp³-hybridized carbons (Fsp3) is 1.00. The number of ether oxygens (including phenoxy) is 1. The van der Waals surface area contributed by atoms with Gasteiger partial charge in [0.1, 0.15) is 0 Å². The second-order valence-electron chi connectivity index (χ2n) is 6.24. The van der Waals surface area contributed by atoms with E-state index in [1.807, 2.05) is 18.7 Å². The van der Waals surface area contributed by atoms with Crippen LogP contribution in [0.5, 0.6) is 0 Å². The molecule has 2 rings (SSSR count). The maximum atomic E-state index is 13.2. The summed E-state index contributed by atoms with van der Waals surface area (Å²) in [4.78, 5) is 1.89. The number of halogens is 3. The van der Waals surface area contributed by atoms with Crippen molar-refractivity contribution in [1.29, 1.82) is 0 Å². The van der Waals surface area contributed by atoms with Gasteiger partial charge in [0.05, 0.1) is 25.2 Å². The van der Waals surface area contributed by atoms with Gasteiger partial charge in [0.2, 0.25) is 0 Å². The van der Waals surface area contributed by atoms with E-state index in [-0.39, 0.29) is 19.3 Å². The van der Waals surface area contributed by atoms with Gasteiger partial charge in [-0.1, -0.05) is 0 Å². The van der Waals surface area contributed by atoms with Crippen molar-refractivity contribution in [2.75, 3.05) is 19.8 Å². The zero-order valence-electron chi connectivity index (χ0n) is 11.4. The van der Waals surface area contributed by atoms with E-state index in [2.05, 4.69) is 0 Å². The number of alkyl halides is 3. The Kier molecular flexibility index (Phi) is 4.14. The average molecular weight is 281 g/mol. The first kappa shape index (κ1) is 15.1. The van der Waals surface area contributed by atoms with Crippen LogP contribution in [-0.2, 0) is 4.74 Å². The summed E-state index contributed by atoms with van der Waals surface area (Å²) < 4.78 is 44.9. The van der Waals surface area contributed by atoms with Crippen molar-refractivity contribution in [3.05, 3.63) is 0 Å². The predicted octanol–water partition coefficient (Wildman–Crippen LogP) is 2.19. The van der Waals surface area contributed by atoms with Crippen molar-refractivity contribution in [1.82, 2.24) is 4.90 Å². The van der Waals surface area contributed by atoms with E-state index >= 15 is 0 Å². The molecule has 3 atom stereocenters. The molecule has 6 heteroatoms. The summed E-state index contributed by atoms with van der Waals surface area (Å²) in [5.41, 5.74) is -0.413. The Bertz CT molecular complexity index is 320. The Morgan fingerprint density at radius 2 is 1.95 bits per heavy atom. The summed E-state index contributed by atoms with van der Waals surface area (Å²) in [6.45, 7) is 5.20. The Hall–Kier alpha value is -0.330. The molecule has 2 aliphatic rings. The lowest BCUT2D eigenvalue weighted by Gasteiger charge is -2.51. The second kappa shape index (κ2) is 5.22. The predicted molar refractivity (Wildman–Crippen MR) is 64.8 cm³/mol. The second-order valence-corrected chi connectivity index (χ2v) is 6.24. The van der Waals surface area contributed by atoms with Crippen LogP contribution in [0.15, 0.2) is 0 Å². The molecule has 1 aliphatic heterocycles. The Morgan fingerprint density at radius 1 is 1.26 bits per heavy atom. The van der Waals surface area contributed by atoms with E-state index in [1.165, 1.54) is 0 Å². The molecule has 0 radical (unpaired) electrons. The minimum atomic E-state index is -4.20. The molecular weight excluding hydrogens is 259 g/mol. The maximum absolute atomic E-state index is 13.2. The molecule has 2 fully saturated rings. The van der Waals surface area contributed by atoms with Crippen molar-refractivity contribution >= 4 is 0 Å². The third-order valence-electron chi connectivity index (χ3n) is 4.32. The van der Waals surface area contributed by atoms with Crippen LogP contribution in [0.4, 0.5) is 13.2 Å². The molecule has 1 aliphatic carbocycles. The minimum Gasteiger partial charge on any atom is -0.393 e. The van der Waals surface area contributed by atoms with E-state index < -0.39 is 29.8 Å². The quantitative estimate of drug-likeness (QED) is 0.799. The largest absolute Gasteiger partial charge is 0.393 e. The first-order valence-corrected chi connectivity index (χ1v) is 6.81. The fourth-order valence-electron chi connectivity index (χ4n) is 3.34. The molecule has 112 valence electrons. The Balaban J connectivity index is 2.21. The summed E-state index contributed by atoms with van der Waals surface area (Å²) in [5.74, 6) is -1.34. The highest BCUT2D eigenvalue weighted by Crippen LogP contribution is 2.42. The van der Waals surface area contributed by atoms with E-state index in [0.717, 1.165) is 0 Å². The zero-order valence-corrected chi connectivity index (χ0v) is 11.4. The molecule has 0 aromatic carbocycles. The summed E-state index contributed by atoms with van der Waals surface area (Å²) >= 11 is 0. The molecule has 0 spiro atoms. The number of aliphatic hydroxyl groups excluding tert-OH is 1. The number of aliphatic hydroxyl groups is 1. The molecule has 0 bridgehead atoms. The van der Waals surface area contributed by atoms with Gasteiger partial charge in [-0.25, -0.2) is 0 Å². The highest BCUT2D eigenvalue weighted by Gasteiger charge is 2.51. The van der Waals surface area contributed by atoms with Crippen LogP contribution in [0.25, 0.3) is 0 Å². The van der Waals surface area contributed by atoms with E-state index in [1.54, 1.807) is 0 Å². The van der Waals surface area contributed by atoms with E-state index in [4.69, 9.17) is 4.74 Å². The van der Waals surface area contributed by atoms with Crippen LogP contribution in [-0.4, -0.2) is 53.6 Å². The van der Waals surface area contributed by atoms with Crippen molar-refractivity contribution in [3.8, 4) is 0 Å². The van der Waals surface area contributed by atoms with Crippen LogP contribution in [0.2, 0.25) is 0 Å². The van der Waals surface area contributed by atoms with Crippen LogP contribution < -0.4 is 0 Å². The highest BCUT2D eigenvalue weighted by molar-refractivity contribution is 4.97. The smallest absolute Gasteiger partial charge is 0.393 e. The summed E-state index contributed by atoms with van der Waals surface area (Å²) in [7, 11) is 0. The number of nitrogens with zero attached hydrogens (tertiary/aromatic N) is 1. The number of hydrogen-bond donors (Lipinski definition) is 1. The molecule has 0 amide bonds. The van der Waals surface area contributed by atoms with Crippen molar-refractivity contribution < 1.29 is 23.0 Å². The van der Waals surface area contributed by atoms with Gasteiger partial charge in [-0.15, -0.1) is 0 Å². The van der Waals surface area contributed by atoms with Gasteiger partial charge in [0, 0.05) is 18.1 Å². The van der Waals surface area contributed by atoms with E-state index in [0.29, 0.717) is 19.8 Å². The summed E-state index contributed by atoms with van der Waals surface area (Å²) in [6.07, 6.45) is -4.36. The first-order valence-electron chi connectivity index (χ1n) is 6.81. The lowest BCUT2D eigenvalue weighted by atomic mass is 9.79. The number of morpholine rings is 1. The first-order chi connectivity index (χ1) is 8.72. The SMILES string of the molecule is CC1(C)COCCN1C1CC(O)CCC1C(F)(F)F. The molecule has 0 aromatic rings. The topological polar surface area (TPSA) is 32.7 Å². The van der Waals surface area contributed by atoms with Gasteiger partial charge in [0.25, 0.3) is 0 Å². The number of rotatable bonds is 1. The van der Waals surface area contributed by atoms with Crippen molar-refractivity contribution in [2.45, 2.75) is 57.0 Å². The normalized spacial score (nSPS) is 37.3. The maximum Gasteiger partial charge on any atom is 0.393 e. The van der Waals surface area contributed by atoms with Gasteiger partial charge in [0.15, 0.2) is 0 Å². The van der Waals surface area contributed by atoms with Crippen molar-refractivity contribution in [2.24, 2.45) is 5.92 Å². The molecule has 1 N–H and O–H groups in total. The summed E-state index contributed by atoms with van der Waals surface area (Å²) in [6, 6.07) is -0.636. The third kappa shape index (κ3) is 3.23. The monoisotopic (exact) mass is 281 g/mol. The minimum absolute atomic E-state index is 0.0166. The zero-order chi connectivity index (χ0) is 14.3. The third-order valence-corrected chi connectivity index (χ3v) is 4.32. The van der Waals surface area contributed by atoms with Gasteiger partial charge >= 0.3 is 6.18 Å². The molecule has 19 heavy (non-hydrogen) atoms. The molecule has 3 nitrogen and oxygen atoms in total. The van der Waals surface area contributed by atoms with Gasteiger partial charge in [-0.2, -0.15) is 13.2 Å². The molecule has 1 heterocycles. The molecule has 1 saturated carbocycles. The van der Waals surface area contributed by atoms with Crippen LogP contribution >= 0.6 is 0 Å². The van der Waals surface area contributed by atoms with Gasteiger partial charge in [-0.3, -0.25) is 4.90 Å². The lowest BCUT2D eigenvalue weighted by Crippen LogP contribution is -2.62. The van der Waals surface area contributed by atoms with Gasteiger partial charge in [-0.05, 0) is 33.1 Å². The lowest BCUT2D eigenvalue weighted by molar-refractivity contribution is -0.218. The number of hydrogen-bond acceptors (Lipinski definition) is 3. The van der Waals surface area contributed by atoms with Gasteiger partial charge < -0.3 is 9.84 Å². The molecule has 0 aromatic heterocycles. The standard InChI is InChI=1S/C13H22F3NO2/c1-12(2)8-19-6-5-17(12)11-7-9(18)3-4-10(11)13(14,15)16/h9-11,18H,3-8H2,1-2H3. The Labute approximate surface area is 111 Å². The Morgan fingerprint density at radius 3 is 2.53 bits per heavy atom. The summed E-state index contributed by atoms with van der Waals surface area (Å²) in [5, 5.41) is 9.74. The van der Waals surface area contributed by atoms with Crippen LogP contribution in [0, 0.1) is 5.92 Å². The molecular formula is C13H22F3NO2. The van der Waals surface area contributed by atoms with E-state index in [9.17, 15) is 18.3 Å². The van der Waals surface area contributed by atoms with Crippen molar-refractivity contribution in [3.63, 3.8) is 0 Å². The van der Waals surface area contributed by atoms with Crippen LogP contribution in [0.3, 0.4) is 0 Å². The molecule has 3 unspecified atom stereocenters. The molecule has 1 saturated heterocycles. The fourth-order valence-corrected chi connectivity index (χ4v) is 3.34.